The van der Waals surface area contributed by atoms with Gasteiger partial charge in [0.25, 0.3) is 0 Å². The van der Waals surface area contributed by atoms with Gasteiger partial charge in [0.2, 0.25) is 0 Å². The lowest BCUT2D eigenvalue weighted by Gasteiger charge is -2.34. The molecule has 0 aromatic heterocycles. The first-order chi connectivity index (χ1) is 11.8. The SMILES string of the molecule is CCCCNC(=O)NCCCN1CCN(Cc2ccccc2)CC1. The maximum absolute atomic E-state index is 11.5. The van der Waals surface area contributed by atoms with Crippen molar-refractivity contribution >= 4 is 6.03 Å². The van der Waals surface area contributed by atoms with Crippen molar-refractivity contribution in [3.63, 3.8) is 0 Å². The summed E-state index contributed by atoms with van der Waals surface area (Å²) >= 11 is 0. The number of nitrogens with one attached hydrogen (secondary N) is 2. The Morgan fingerprint density at radius 3 is 2.25 bits per heavy atom. The van der Waals surface area contributed by atoms with Crippen LogP contribution in [0.4, 0.5) is 4.79 Å². The molecule has 24 heavy (non-hydrogen) atoms. The summed E-state index contributed by atoms with van der Waals surface area (Å²) in [6.07, 6.45) is 3.16. The average Bonchev–Trinajstić information content (AvgIpc) is 2.61. The van der Waals surface area contributed by atoms with Gasteiger partial charge in [-0.3, -0.25) is 4.90 Å². The molecule has 134 valence electrons. The first-order valence-corrected chi connectivity index (χ1v) is 9.28. The zero-order chi connectivity index (χ0) is 17.0. The molecule has 2 amide bonds. The largest absolute Gasteiger partial charge is 0.338 e. The van der Waals surface area contributed by atoms with E-state index in [1.807, 2.05) is 0 Å². The third-order valence-corrected chi connectivity index (χ3v) is 4.47. The summed E-state index contributed by atoms with van der Waals surface area (Å²) in [4.78, 5) is 16.6. The summed E-state index contributed by atoms with van der Waals surface area (Å²) in [5.41, 5.74) is 1.39. The topological polar surface area (TPSA) is 47.6 Å². The van der Waals surface area contributed by atoms with Crippen molar-refractivity contribution in [2.24, 2.45) is 0 Å². The summed E-state index contributed by atoms with van der Waals surface area (Å²) in [5.74, 6) is 0. The highest BCUT2D eigenvalue weighted by Crippen LogP contribution is 2.08. The molecule has 1 aliphatic heterocycles. The molecule has 0 aliphatic carbocycles. The average molecular weight is 332 g/mol. The van der Waals surface area contributed by atoms with Crippen LogP contribution in [0.15, 0.2) is 30.3 Å². The quantitative estimate of drug-likeness (QED) is 0.682. The standard InChI is InChI=1S/C19H32N4O/c1-2-3-10-20-19(24)21-11-7-12-22-13-15-23(16-14-22)17-18-8-5-4-6-9-18/h4-6,8-9H,2-3,7,10-17H2,1H3,(H2,20,21,24). The first-order valence-electron chi connectivity index (χ1n) is 9.28. The van der Waals surface area contributed by atoms with Crippen molar-refractivity contribution in [3.8, 4) is 0 Å². The van der Waals surface area contributed by atoms with Crippen molar-refractivity contribution in [3.05, 3.63) is 35.9 Å². The van der Waals surface area contributed by atoms with E-state index in [4.69, 9.17) is 0 Å². The van der Waals surface area contributed by atoms with Crippen LogP contribution in [-0.4, -0.2) is 61.6 Å². The molecule has 1 heterocycles. The monoisotopic (exact) mass is 332 g/mol. The summed E-state index contributed by atoms with van der Waals surface area (Å²) in [5, 5.41) is 5.82. The number of unbranched alkanes of at least 4 members (excludes halogenated alkanes) is 1. The van der Waals surface area contributed by atoms with Crippen LogP contribution in [0.5, 0.6) is 0 Å². The van der Waals surface area contributed by atoms with E-state index in [0.29, 0.717) is 0 Å². The van der Waals surface area contributed by atoms with Gasteiger partial charge in [0.1, 0.15) is 0 Å². The van der Waals surface area contributed by atoms with E-state index in [9.17, 15) is 4.79 Å². The van der Waals surface area contributed by atoms with Crippen molar-refractivity contribution in [2.75, 3.05) is 45.8 Å². The van der Waals surface area contributed by atoms with E-state index in [1.165, 1.54) is 5.56 Å². The van der Waals surface area contributed by atoms with Gasteiger partial charge in [-0.15, -0.1) is 0 Å². The Morgan fingerprint density at radius 2 is 1.58 bits per heavy atom. The van der Waals surface area contributed by atoms with Crippen molar-refractivity contribution < 1.29 is 4.79 Å². The molecule has 1 fully saturated rings. The number of amides is 2. The number of carbonyl (C=O) groups excluding carboxylic acids is 1. The first kappa shape index (κ1) is 18.7. The predicted octanol–water partition coefficient (Wildman–Crippen LogP) is 2.29. The second kappa shape index (κ2) is 11.0. The Bertz CT molecular complexity index is 458. The Morgan fingerprint density at radius 1 is 0.958 bits per heavy atom. The highest BCUT2D eigenvalue weighted by molar-refractivity contribution is 5.73. The van der Waals surface area contributed by atoms with Gasteiger partial charge in [-0.05, 0) is 24.9 Å². The van der Waals surface area contributed by atoms with Gasteiger partial charge in [0, 0.05) is 45.8 Å². The molecule has 0 atom stereocenters. The zero-order valence-corrected chi connectivity index (χ0v) is 15.0. The molecule has 2 rings (SSSR count). The normalized spacial score (nSPS) is 16.0. The van der Waals surface area contributed by atoms with E-state index in [0.717, 1.165) is 71.6 Å². The number of rotatable bonds is 9. The Hall–Kier alpha value is -1.59. The third-order valence-electron chi connectivity index (χ3n) is 4.47. The van der Waals surface area contributed by atoms with E-state index in [-0.39, 0.29) is 6.03 Å². The molecular weight excluding hydrogens is 300 g/mol. The number of hydrogen-bond acceptors (Lipinski definition) is 3. The van der Waals surface area contributed by atoms with Gasteiger partial charge in [0.05, 0.1) is 0 Å². The summed E-state index contributed by atoms with van der Waals surface area (Å²) in [7, 11) is 0. The lowest BCUT2D eigenvalue weighted by Crippen LogP contribution is -2.46. The van der Waals surface area contributed by atoms with Crippen molar-refractivity contribution in [1.29, 1.82) is 0 Å². The van der Waals surface area contributed by atoms with Crippen LogP contribution in [0.3, 0.4) is 0 Å². The Balaban J connectivity index is 1.51. The lowest BCUT2D eigenvalue weighted by atomic mass is 10.2. The van der Waals surface area contributed by atoms with E-state index in [1.54, 1.807) is 0 Å². The van der Waals surface area contributed by atoms with Gasteiger partial charge in [-0.2, -0.15) is 0 Å². The van der Waals surface area contributed by atoms with Crippen LogP contribution in [-0.2, 0) is 6.54 Å². The molecule has 1 aromatic carbocycles. The van der Waals surface area contributed by atoms with Gasteiger partial charge >= 0.3 is 6.03 Å². The highest BCUT2D eigenvalue weighted by Gasteiger charge is 2.16. The molecule has 1 aromatic rings. The lowest BCUT2D eigenvalue weighted by molar-refractivity contribution is 0.126. The fraction of sp³-hybridized carbons (Fsp3) is 0.632. The minimum absolute atomic E-state index is 0.0314. The fourth-order valence-electron chi connectivity index (χ4n) is 2.96. The van der Waals surface area contributed by atoms with Gasteiger partial charge < -0.3 is 15.5 Å². The van der Waals surface area contributed by atoms with Crippen LogP contribution >= 0.6 is 0 Å². The molecule has 1 aliphatic rings. The Kier molecular flexibility index (Phi) is 8.63. The maximum atomic E-state index is 11.5. The number of benzene rings is 1. The molecule has 5 heteroatoms. The molecule has 0 radical (unpaired) electrons. The smallest absolute Gasteiger partial charge is 0.314 e. The van der Waals surface area contributed by atoms with Gasteiger partial charge in [-0.25, -0.2) is 4.79 Å². The van der Waals surface area contributed by atoms with E-state index < -0.39 is 0 Å². The minimum Gasteiger partial charge on any atom is -0.338 e. The molecular formula is C19H32N4O. The number of carbonyl (C=O) groups is 1. The molecule has 0 unspecified atom stereocenters. The summed E-state index contributed by atoms with van der Waals surface area (Å²) in [6.45, 7) is 10.3. The minimum atomic E-state index is -0.0314. The molecule has 0 bridgehead atoms. The maximum Gasteiger partial charge on any atom is 0.314 e. The van der Waals surface area contributed by atoms with Crippen LogP contribution in [0.25, 0.3) is 0 Å². The van der Waals surface area contributed by atoms with Crippen LogP contribution in [0, 0.1) is 0 Å². The van der Waals surface area contributed by atoms with Crippen LogP contribution in [0.1, 0.15) is 31.7 Å². The predicted molar refractivity (Wildman–Crippen MR) is 99.1 cm³/mol. The second-order valence-electron chi connectivity index (χ2n) is 6.49. The van der Waals surface area contributed by atoms with E-state index >= 15 is 0 Å². The summed E-state index contributed by atoms with van der Waals surface area (Å²) < 4.78 is 0. The highest BCUT2D eigenvalue weighted by atomic mass is 16.2. The number of urea groups is 1. The summed E-state index contributed by atoms with van der Waals surface area (Å²) in [6, 6.07) is 10.6. The number of piperazine rings is 1. The van der Waals surface area contributed by atoms with Crippen LogP contribution in [0.2, 0.25) is 0 Å². The molecule has 2 N–H and O–H groups in total. The molecule has 5 nitrogen and oxygen atoms in total. The van der Waals surface area contributed by atoms with Crippen molar-refractivity contribution in [1.82, 2.24) is 20.4 Å². The number of nitrogens with zero attached hydrogens (tertiary/aromatic N) is 2. The molecule has 0 saturated carbocycles. The van der Waals surface area contributed by atoms with Crippen LogP contribution < -0.4 is 10.6 Å². The van der Waals surface area contributed by atoms with Gasteiger partial charge in [-0.1, -0.05) is 43.7 Å². The zero-order valence-electron chi connectivity index (χ0n) is 15.0. The molecule has 0 spiro atoms. The fourth-order valence-corrected chi connectivity index (χ4v) is 2.96. The van der Waals surface area contributed by atoms with Crippen molar-refractivity contribution in [2.45, 2.75) is 32.7 Å². The Labute approximate surface area is 146 Å². The second-order valence-corrected chi connectivity index (χ2v) is 6.49. The van der Waals surface area contributed by atoms with Gasteiger partial charge in [0.15, 0.2) is 0 Å². The molecule has 1 saturated heterocycles. The van der Waals surface area contributed by atoms with E-state index in [2.05, 4.69) is 57.7 Å². The third kappa shape index (κ3) is 7.32. The number of hydrogen-bond donors (Lipinski definition) is 2.